The molecule has 1 aromatic heterocycles. The van der Waals surface area contributed by atoms with Crippen LogP contribution in [0.4, 0.5) is 5.00 Å². The minimum absolute atomic E-state index is 0.0267. The molecule has 0 atom stereocenters. The number of anilines is 1. The van der Waals surface area contributed by atoms with Gasteiger partial charge in [0.15, 0.2) is 0 Å². The molecule has 1 aliphatic rings. The molecule has 3 nitrogen and oxygen atoms in total. The Morgan fingerprint density at radius 2 is 2.06 bits per heavy atom. The Balaban J connectivity index is 2.37. The van der Waals surface area contributed by atoms with E-state index in [1.165, 1.54) is 11.3 Å². The number of rotatable bonds is 1. The largest absolute Gasteiger partial charge is 0.496 e. The normalized spacial score (nSPS) is 12.4. The number of fused-ring (bicyclic) bond motifs is 3. The number of ether oxygens (including phenoxy) is 1. The van der Waals surface area contributed by atoms with Crippen LogP contribution in [0.25, 0.3) is 11.1 Å². The van der Waals surface area contributed by atoms with Crippen LogP contribution in [0, 0.1) is 0 Å². The van der Waals surface area contributed by atoms with Gasteiger partial charge in [-0.25, -0.2) is 0 Å². The average Bonchev–Trinajstić information content (AvgIpc) is 2.81. The number of nitrogens with two attached hydrogens (primary N) is 1. The van der Waals surface area contributed by atoms with Crippen LogP contribution in [-0.2, 0) is 0 Å². The Labute approximate surface area is 96.5 Å². The minimum Gasteiger partial charge on any atom is -0.496 e. The predicted molar refractivity (Wildman–Crippen MR) is 64.2 cm³/mol. The second-order valence-electron chi connectivity index (χ2n) is 3.60. The van der Waals surface area contributed by atoms with Gasteiger partial charge in [0.25, 0.3) is 0 Å². The number of hydrogen-bond donors (Lipinski definition) is 1. The van der Waals surface area contributed by atoms with Crippen LogP contribution in [0.3, 0.4) is 0 Å². The highest BCUT2D eigenvalue weighted by molar-refractivity contribution is 7.15. The van der Waals surface area contributed by atoms with Crippen molar-refractivity contribution in [2.45, 2.75) is 0 Å². The number of carbonyl (C=O) groups is 1. The zero-order valence-electron chi connectivity index (χ0n) is 8.61. The molecular formula is C12H9NO2S. The summed E-state index contributed by atoms with van der Waals surface area (Å²) >= 11 is 1.40. The van der Waals surface area contributed by atoms with Gasteiger partial charge in [-0.1, -0.05) is 12.1 Å². The van der Waals surface area contributed by atoms with Crippen LogP contribution in [0.5, 0.6) is 5.75 Å². The van der Waals surface area contributed by atoms with Crippen LogP contribution in [-0.4, -0.2) is 12.9 Å². The van der Waals surface area contributed by atoms with Crippen LogP contribution in [0.2, 0.25) is 0 Å². The molecule has 0 aliphatic heterocycles. The number of methoxy groups -OCH3 is 1. The molecule has 0 unspecified atom stereocenters. The number of thiophene rings is 1. The van der Waals surface area contributed by atoms with Crippen LogP contribution >= 0.6 is 11.3 Å². The fourth-order valence-electron chi connectivity index (χ4n) is 2.09. The first kappa shape index (κ1) is 9.42. The lowest BCUT2D eigenvalue weighted by atomic mass is 10.1. The van der Waals surface area contributed by atoms with Crippen molar-refractivity contribution in [3.63, 3.8) is 0 Å². The summed E-state index contributed by atoms with van der Waals surface area (Å²) in [5.41, 5.74) is 8.93. The zero-order valence-corrected chi connectivity index (χ0v) is 9.43. The molecule has 1 aromatic carbocycles. The molecule has 0 bridgehead atoms. The third kappa shape index (κ3) is 0.994. The fourth-order valence-corrected chi connectivity index (χ4v) is 2.90. The molecule has 80 valence electrons. The lowest BCUT2D eigenvalue weighted by Gasteiger charge is -2.05. The van der Waals surface area contributed by atoms with E-state index in [2.05, 4.69) is 0 Å². The Morgan fingerprint density at radius 3 is 2.81 bits per heavy atom. The first-order valence-corrected chi connectivity index (χ1v) is 5.71. The maximum atomic E-state index is 12.2. The summed E-state index contributed by atoms with van der Waals surface area (Å²) in [6.45, 7) is 0. The summed E-state index contributed by atoms with van der Waals surface area (Å²) in [4.78, 5) is 12.2. The first-order chi connectivity index (χ1) is 7.74. The Kier molecular flexibility index (Phi) is 1.82. The van der Waals surface area contributed by atoms with E-state index in [-0.39, 0.29) is 5.78 Å². The number of ketones is 1. The van der Waals surface area contributed by atoms with E-state index in [1.807, 2.05) is 17.5 Å². The van der Waals surface area contributed by atoms with Crippen molar-refractivity contribution >= 4 is 22.1 Å². The van der Waals surface area contributed by atoms with E-state index in [0.717, 1.165) is 11.1 Å². The van der Waals surface area contributed by atoms with Crippen molar-refractivity contribution < 1.29 is 9.53 Å². The quantitative estimate of drug-likeness (QED) is 0.700. The standard InChI is InChI=1S/C12H9NO2S/c1-15-8-4-2-3-6-7-5-16-12(13)10(7)11(14)9(6)8/h2-5H,13H2,1H3. The zero-order chi connectivity index (χ0) is 11.3. The third-order valence-electron chi connectivity index (χ3n) is 2.81. The maximum Gasteiger partial charge on any atom is 0.200 e. The first-order valence-electron chi connectivity index (χ1n) is 4.83. The van der Waals surface area contributed by atoms with E-state index < -0.39 is 0 Å². The molecular weight excluding hydrogens is 222 g/mol. The Morgan fingerprint density at radius 1 is 1.25 bits per heavy atom. The third-order valence-corrected chi connectivity index (χ3v) is 3.62. The van der Waals surface area contributed by atoms with Crippen molar-refractivity contribution in [1.29, 1.82) is 0 Å². The van der Waals surface area contributed by atoms with Gasteiger partial charge in [0.05, 0.1) is 23.2 Å². The summed E-state index contributed by atoms with van der Waals surface area (Å²) < 4.78 is 5.21. The molecule has 0 amide bonds. The van der Waals surface area contributed by atoms with Gasteiger partial charge in [-0.05, 0) is 11.6 Å². The monoisotopic (exact) mass is 231 g/mol. The Hall–Kier alpha value is -1.81. The molecule has 2 N–H and O–H groups in total. The molecule has 0 saturated carbocycles. The SMILES string of the molecule is COc1cccc2c1C(=O)c1c-2csc1N. The number of nitrogen functional groups attached to an aromatic ring is 1. The van der Waals surface area contributed by atoms with E-state index in [9.17, 15) is 4.79 Å². The van der Waals surface area contributed by atoms with Crippen molar-refractivity contribution in [3.8, 4) is 16.9 Å². The van der Waals surface area contributed by atoms with E-state index >= 15 is 0 Å². The number of carbonyl (C=O) groups excluding carboxylic acids is 1. The number of benzene rings is 1. The molecule has 16 heavy (non-hydrogen) atoms. The number of hydrogen-bond acceptors (Lipinski definition) is 4. The molecule has 4 heteroatoms. The molecule has 1 aliphatic carbocycles. The lowest BCUT2D eigenvalue weighted by Crippen LogP contribution is -2.00. The molecule has 0 fully saturated rings. The van der Waals surface area contributed by atoms with E-state index in [4.69, 9.17) is 10.5 Å². The fraction of sp³-hybridized carbons (Fsp3) is 0.0833. The molecule has 0 radical (unpaired) electrons. The second-order valence-corrected chi connectivity index (χ2v) is 4.51. The van der Waals surface area contributed by atoms with Gasteiger partial charge in [-0.2, -0.15) is 0 Å². The molecule has 3 rings (SSSR count). The van der Waals surface area contributed by atoms with Gasteiger partial charge in [-0.15, -0.1) is 11.3 Å². The van der Waals surface area contributed by atoms with Crippen molar-refractivity contribution in [1.82, 2.24) is 0 Å². The summed E-state index contributed by atoms with van der Waals surface area (Å²) in [7, 11) is 1.57. The average molecular weight is 231 g/mol. The highest BCUT2D eigenvalue weighted by atomic mass is 32.1. The van der Waals surface area contributed by atoms with Crippen LogP contribution < -0.4 is 10.5 Å². The van der Waals surface area contributed by atoms with Crippen LogP contribution in [0.1, 0.15) is 15.9 Å². The highest BCUT2D eigenvalue weighted by Gasteiger charge is 2.32. The van der Waals surface area contributed by atoms with E-state index in [1.54, 1.807) is 13.2 Å². The summed E-state index contributed by atoms with van der Waals surface area (Å²) in [5.74, 6) is 0.587. The van der Waals surface area contributed by atoms with Gasteiger partial charge in [-0.3, -0.25) is 4.79 Å². The van der Waals surface area contributed by atoms with Crippen LogP contribution in [0.15, 0.2) is 23.6 Å². The summed E-state index contributed by atoms with van der Waals surface area (Å²) in [6.07, 6.45) is 0. The van der Waals surface area contributed by atoms with Crippen molar-refractivity contribution in [3.05, 3.63) is 34.7 Å². The van der Waals surface area contributed by atoms with Gasteiger partial charge in [0, 0.05) is 10.9 Å². The smallest absolute Gasteiger partial charge is 0.200 e. The van der Waals surface area contributed by atoms with Gasteiger partial charge >= 0.3 is 0 Å². The van der Waals surface area contributed by atoms with Gasteiger partial charge in [0.2, 0.25) is 5.78 Å². The van der Waals surface area contributed by atoms with Gasteiger partial charge < -0.3 is 10.5 Å². The van der Waals surface area contributed by atoms with Gasteiger partial charge in [0.1, 0.15) is 5.75 Å². The maximum absolute atomic E-state index is 12.2. The Bertz CT molecular complexity index is 601. The van der Waals surface area contributed by atoms with Crippen molar-refractivity contribution in [2.75, 3.05) is 12.8 Å². The molecule has 0 spiro atoms. The molecule has 2 aromatic rings. The predicted octanol–water partition coefficient (Wildman–Crippen LogP) is 2.55. The highest BCUT2D eigenvalue weighted by Crippen LogP contribution is 2.45. The summed E-state index contributed by atoms with van der Waals surface area (Å²) in [6, 6.07) is 5.60. The lowest BCUT2D eigenvalue weighted by molar-refractivity contribution is 0.104. The molecule has 0 saturated heterocycles. The van der Waals surface area contributed by atoms with E-state index in [0.29, 0.717) is 21.9 Å². The van der Waals surface area contributed by atoms with Crippen molar-refractivity contribution in [2.24, 2.45) is 0 Å². The topological polar surface area (TPSA) is 52.3 Å². The summed E-state index contributed by atoms with van der Waals surface area (Å²) in [5, 5.41) is 2.51. The minimum atomic E-state index is -0.0267. The second kappa shape index (κ2) is 3.09. The molecule has 1 heterocycles.